The summed E-state index contributed by atoms with van der Waals surface area (Å²) in [5.74, 6) is 0. The van der Waals surface area contributed by atoms with E-state index in [0.29, 0.717) is 0 Å². The van der Waals surface area contributed by atoms with Crippen LogP contribution in [-0.2, 0) is 19.5 Å². The minimum Gasteiger partial charge on any atom is -1.00 e. The van der Waals surface area contributed by atoms with Crippen LogP contribution in [0.4, 0.5) is 0 Å². The fraction of sp³-hybridized carbons (Fsp3) is 0. The van der Waals surface area contributed by atoms with Crippen molar-refractivity contribution in [1.29, 1.82) is 0 Å². The minimum absolute atomic E-state index is 0. The molecule has 0 atom stereocenters. The second kappa shape index (κ2) is 27.0. The molecular weight excluding hydrogens is 190 g/mol. The van der Waals surface area contributed by atoms with Crippen LogP contribution in [0.15, 0.2) is 0 Å². The van der Waals surface area contributed by atoms with Gasteiger partial charge in [0.15, 0.2) is 0 Å². The van der Waals surface area contributed by atoms with Gasteiger partial charge in [0.05, 0.1) is 0 Å². The molecule has 0 aromatic carbocycles. The Labute approximate surface area is 109 Å². The van der Waals surface area contributed by atoms with Crippen LogP contribution in [0.2, 0.25) is 0 Å². The van der Waals surface area contributed by atoms with Crippen LogP contribution >= 0.6 is 13.5 Å². The Morgan fingerprint density at radius 2 is 1.20 bits per heavy atom. The summed E-state index contributed by atoms with van der Waals surface area (Å²) in [4.78, 5) is 0. The van der Waals surface area contributed by atoms with Crippen molar-refractivity contribution in [3.05, 3.63) is 0 Å². The molecule has 0 rings (SSSR count). The van der Waals surface area contributed by atoms with Crippen LogP contribution in [0, 0.1) is 0 Å². The van der Waals surface area contributed by atoms with Crippen molar-refractivity contribution in [2.45, 2.75) is 0 Å². The van der Waals surface area contributed by atoms with Crippen LogP contribution in [0.3, 0.4) is 0 Å². The van der Waals surface area contributed by atoms with E-state index in [-0.39, 0.29) is 110 Å². The summed E-state index contributed by atoms with van der Waals surface area (Å²) < 4.78 is 0. The maximum Gasteiger partial charge on any atom is 2.00 e. The van der Waals surface area contributed by atoms with E-state index >= 15 is 0 Å². The topological polar surface area (TPSA) is 0 Å². The molecule has 0 heterocycles. The fourth-order valence-corrected chi connectivity index (χ4v) is 0. The van der Waals surface area contributed by atoms with Gasteiger partial charge in [0, 0.05) is 19.5 Å². The van der Waals surface area contributed by atoms with Crippen molar-refractivity contribution >= 4 is 85.3 Å². The first-order chi connectivity index (χ1) is 0. The van der Waals surface area contributed by atoms with E-state index in [0.717, 1.165) is 0 Å². The number of hydrogen-bond donors (Lipinski definition) is 0. The van der Waals surface area contributed by atoms with Crippen molar-refractivity contribution in [2.75, 3.05) is 0 Å². The molecule has 0 saturated carbocycles. The quantitative estimate of drug-likeness (QED) is 0.411. The molecule has 5 heavy (non-hydrogen) atoms. The Kier molecular flexibility index (Phi) is 223. The van der Waals surface area contributed by atoms with Gasteiger partial charge in [-0.05, 0) is 11.0 Å². The smallest absolute Gasteiger partial charge is 1.00 e. The zero-order chi connectivity index (χ0) is 0. The van der Waals surface area contributed by atoms with Gasteiger partial charge in [0.25, 0.3) is 0 Å². The van der Waals surface area contributed by atoms with E-state index in [4.69, 9.17) is 0 Å². The van der Waals surface area contributed by atoms with E-state index in [1.165, 1.54) is 0 Å². The van der Waals surface area contributed by atoms with Gasteiger partial charge in [0.1, 0.15) is 0 Å². The Morgan fingerprint density at radius 1 is 1.20 bits per heavy atom. The van der Waals surface area contributed by atoms with Crippen molar-refractivity contribution in [1.82, 2.24) is 0 Å². The maximum atomic E-state index is 0. The van der Waals surface area contributed by atoms with Crippen LogP contribution < -0.4 is 0 Å². The van der Waals surface area contributed by atoms with Gasteiger partial charge in [-0.25, -0.2) is 0 Å². The molecular formula is H10CaMgSSiZn. The summed E-state index contributed by atoms with van der Waals surface area (Å²) in [6, 6.07) is 0. The zero-order valence-electron chi connectivity index (χ0n) is 6.62. The summed E-state index contributed by atoms with van der Waals surface area (Å²) in [7, 11) is 0. The third kappa shape index (κ3) is 19.0. The van der Waals surface area contributed by atoms with E-state index < -0.39 is 0 Å². The second-order valence-electron chi connectivity index (χ2n) is 0. The van der Waals surface area contributed by atoms with Crippen LogP contribution in [0.25, 0.3) is 0 Å². The molecule has 26 valence electrons. The predicted molar refractivity (Wildman–Crippen MR) is 37.7 cm³/mol. The summed E-state index contributed by atoms with van der Waals surface area (Å²) in [5, 5.41) is 0. The second-order valence-corrected chi connectivity index (χ2v) is 0. The molecule has 0 aromatic heterocycles. The maximum absolute atomic E-state index is 0. The van der Waals surface area contributed by atoms with Gasteiger partial charge in [-0.1, -0.05) is 0 Å². The number of rotatable bonds is 0. The molecule has 0 aliphatic carbocycles. The Morgan fingerprint density at radius 3 is 1.20 bits per heavy atom. The van der Waals surface area contributed by atoms with Crippen molar-refractivity contribution in [2.24, 2.45) is 0 Å². The summed E-state index contributed by atoms with van der Waals surface area (Å²) in [6.07, 6.45) is 0. The van der Waals surface area contributed by atoms with Gasteiger partial charge >= 0.3 is 60.8 Å². The molecule has 0 amide bonds. The first-order valence-corrected chi connectivity index (χ1v) is 0. The monoisotopic (exact) mass is 198 g/mol. The van der Waals surface area contributed by atoms with Crippen LogP contribution in [-0.4, -0.2) is 71.8 Å². The normalized spacial score (nSPS) is 0. The van der Waals surface area contributed by atoms with E-state index in [2.05, 4.69) is 0 Å². The van der Waals surface area contributed by atoms with Crippen molar-refractivity contribution in [3.8, 4) is 0 Å². The molecule has 0 radical (unpaired) electrons. The molecule has 0 N–H and O–H groups in total. The third-order valence-corrected chi connectivity index (χ3v) is 0. The molecule has 5 heteroatoms. The molecule has 0 unspecified atom stereocenters. The molecule has 0 aliphatic heterocycles. The first kappa shape index (κ1) is 41.4. The largest absolute Gasteiger partial charge is 2.00 e. The van der Waals surface area contributed by atoms with Crippen molar-refractivity contribution < 1.29 is 25.2 Å². The van der Waals surface area contributed by atoms with E-state index in [1.807, 2.05) is 0 Å². The molecule has 0 nitrogen and oxygen atoms in total. The molecule has 0 fully saturated rings. The molecule has 0 saturated heterocycles. The summed E-state index contributed by atoms with van der Waals surface area (Å²) in [6.45, 7) is 0. The fourth-order valence-electron chi connectivity index (χ4n) is 0. The third-order valence-electron chi connectivity index (χ3n) is 0. The predicted octanol–water partition coefficient (Wildman–Crippen LogP) is -1.65. The summed E-state index contributed by atoms with van der Waals surface area (Å²) >= 11 is 0. The standard InChI is InChI=1S/Ca.Mg.H2S.H4Si.Zn.4H/h;;1H2;1H4;;;;;/q2*+2;;;;4*-1. The van der Waals surface area contributed by atoms with Crippen LogP contribution in [0.1, 0.15) is 5.71 Å². The van der Waals surface area contributed by atoms with Gasteiger partial charge in [-0.3, -0.25) is 0 Å². The zero-order valence-corrected chi connectivity index (χ0v) is 10.2. The van der Waals surface area contributed by atoms with Gasteiger partial charge < -0.3 is 5.71 Å². The first-order valence-electron chi connectivity index (χ1n) is 0. The number of hydrogen-bond acceptors (Lipinski definition) is 0. The van der Waals surface area contributed by atoms with E-state index in [1.54, 1.807) is 0 Å². The summed E-state index contributed by atoms with van der Waals surface area (Å²) in [5.41, 5.74) is 0. The minimum atomic E-state index is 0. The van der Waals surface area contributed by atoms with Gasteiger partial charge in [-0.2, -0.15) is 13.5 Å². The molecule has 0 bridgehead atoms. The Hall–Kier alpha value is 3.22. The van der Waals surface area contributed by atoms with Crippen LogP contribution in [0.5, 0.6) is 0 Å². The van der Waals surface area contributed by atoms with Gasteiger partial charge in [0.2, 0.25) is 0 Å². The molecule has 0 aliphatic rings. The Balaban J connectivity index is 0. The average molecular weight is 200 g/mol. The van der Waals surface area contributed by atoms with Crippen molar-refractivity contribution in [3.63, 3.8) is 0 Å². The SMILES string of the molecule is S.[Ca+2].[H-].[H-].[H-].[H-].[Mg+2].[SiH4].[Zn]. The Bertz CT molecular complexity index is 20.5. The molecule has 0 spiro atoms. The van der Waals surface area contributed by atoms with E-state index in [9.17, 15) is 0 Å². The average Bonchev–Trinajstić information content (AvgIpc) is 0. The van der Waals surface area contributed by atoms with Gasteiger partial charge in [-0.15, -0.1) is 0 Å². The molecule has 0 aromatic rings.